The molecule has 8 N–H and O–H groups in total. The van der Waals surface area contributed by atoms with Gasteiger partial charge in [0.05, 0.1) is 0 Å². The SMILES string of the molecule is Cl.Cl.N.N.Nc1cccc2c3ccccc3c3ccccc3c12. The van der Waals surface area contributed by atoms with Gasteiger partial charge in [-0.05, 0) is 33.0 Å². The molecule has 4 rings (SSSR count). The van der Waals surface area contributed by atoms with Gasteiger partial charge in [0.25, 0.3) is 0 Å². The van der Waals surface area contributed by atoms with Gasteiger partial charge in [0.15, 0.2) is 0 Å². The molecule has 0 atom stereocenters. The van der Waals surface area contributed by atoms with Crippen molar-refractivity contribution in [2.24, 2.45) is 0 Å². The van der Waals surface area contributed by atoms with Gasteiger partial charge in [0.1, 0.15) is 0 Å². The van der Waals surface area contributed by atoms with E-state index in [2.05, 4.69) is 54.6 Å². The Morgan fingerprint density at radius 2 is 0.826 bits per heavy atom. The van der Waals surface area contributed by atoms with Crippen molar-refractivity contribution in [2.75, 3.05) is 5.73 Å². The summed E-state index contributed by atoms with van der Waals surface area (Å²) < 4.78 is 0. The number of hydrogen-bond acceptors (Lipinski definition) is 3. The Hall–Kier alpha value is -2.04. The predicted molar refractivity (Wildman–Crippen MR) is 108 cm³/mol. The van der Waals surface area contributed by atoms with Crippen molar-refractivity contribution >= 4 is 62.8 Å². The van der Waals surface area contributed by atoms with Crippen LogP contribution in [0.25, 0.3) is 32.3 Å². The fraction of sp³-hybridized carbons (Fsp3) is 0. The minimum Gasteiger partial charge on any atom is -0.398 e. The average Bonchev–Trinajstić information content (AvgIpc) is 2.47. The minimum absolute atomic E-state index is 0. The van der Waals surface area contributed by atoms with Crippen LogP contribution in [0.4, 0.5) is 5.69 Å². The molecule has 5 heteroatoms. The normalized spacial score (nSPS) is 9.39. The van der Waals surface area contributed by atoms with E-state index in [1.54, 1.807) is 0 Å². The molecule has 0 aromatic heterocycles. The van der Waals surface area contributed by atoms with Gasteiger partial charge in [-0.25, -0.2) is 0 Å². The molecule has 23 heavy (non-hydrogen) atoms. The lowest BCUT2D eigenvalue weighted by molar-refractivity contribution is 1.75. The molecule has 3 nitrogen and oxygen atoms in total. The molecule has 0 aliphatic rings. The molecule has 0 radical (unpaired) electrons. The number of benzene rings is 4. The van der Waals surface area contributed by atoms with E-state index < -0.39 is 0 Å². The Morgan fingerprint density at radius 1 is 0.478 bits per heavy atom. The first-order valence-electron chi connectivity index (χ1n) is 6.44. The first-order valence-corrected chi connectivity index (χ1v) is 6.44. The molecule has 0 aliphatic heterocycles. The van der Waals surface area contributed by atoms with Gasteiger partial charge >= 0.3 is 0 Å². The maximum atomic E-state index is 6.21. The maximum absolute atomic E-state index is 6.21. The van der Waals surface area contributed by atoms with E-state index in [0.29, 0.717) is 0 Å². The number of anilines is 1. The third kappa shape index (κ3) is 3.05. The summed E-state index contributed by atoms with van der Waals surface area (Å²) in [5, 5.41) is 7.45. The van der Waals surface area contributed by atoms with E-state index in [4.69, 9.17) is 5.73 Å². The summed E-state index contributed by atoms with van der Waals surface area (Å²) in [5.41, 5.74) is 7.06. The third-order valence-corrected chi connectivity index (χ3v) is 3.80. The summed E-state index contributed by atoms with van der Waals surface area (Å²) in [6.45, 7) is 0. The number of hydrogen-bond donors (Lipinski definition) is 3. The van der Waals surface area contributed by atoms with E-state index in [1.807, 2.05) is 12.1 Å². The summed E-state index contributed by atoms with van der Waals surface area (Å²) in [6, 6.07) is 23.2. The van der Waals surface area contributed by atoms with Gasteiger partial charge in [-0.2, -0.15) is 0 Å². The van der Waals surface area contributed by atoms with Crippen molar-refractivity contribution < 1.29 is 0 Å². The highest BCUT2D eigenvalue weighted by Crippen LogP contribution is 2.37. The number of rotatable bonds is 0. The topological polar surface area (TPSA) is 96.0 Å². The minimum atomic E-state index is 0. The summed E-state index contributed by atoms with van der Waals surface area (Å²) in [6.07, 6.45) is 0. The molecule has 0 aliphatic carbocycles. The Labute approximate surface area is 147 Å². The van der Waals surface area contributed by atoms with Crippen LogP contribution >= 0.6 is 24.8 Å². The van der Waals surface area contributed by atoms with Crippen molar-refractivity contribution in [3.05, 3.63) is 66.7 Å². The second kappa shape index (κ2) is 7.99. The molecular weight excluding hydrogens is 329 g/mol. The second-order valence-electron chi connectivity index (χ2n) is 4.86. The van der Waals surface area contributed by atoms with Crippen molar-refractivity contribution in [1.29, 1.82) is 0 Å². The van der Waals surface area contributed by atoms with Gasteiger partial charge in [-0.15, -0.1) is 24.8 Å². The number of halogens is 2. The van der Waals surface area contributed by atoms with E-state index in [-0.39, 0.29) is 37.1 Å². The Kier molecular flexibility index (Phi) is 7.28. The first-order chi connectivity index (χ1) is 9.36. The van der Waals surface area contributed by atoms with Gasteiger partial charge < -0.3 is 18.0 Å². The molecule has 0 spiro atoms. The molecule has 0 saturated carbocycles. The molecule has 122 valence electrons. The maximum Gasteiger partial charge on any atom is 0.0400 e. The molecule has 0 saturated heterocycles. The molecular formula is C18H21Cl2N3. The highest BCUT2D eigenvalue weighted by molar-refractivity contribution is 6.27. The second-order valence-corrected chi connectivity index (χ2v) is 4.86. The lowest BCUT2D eigenvalue weighted by Gasteiger charge is -2.11. The van der Waals surface area contributed by atoms with Crippen LogP contribution in [0.1, 0.15) is 0 Å². The third-order valence-electron chi connectivity index (χ3n) is 3.80. The van der Waals surface area contributed by atoms with E-state index in [1.165, 1.54) is 26.9 Å². The smallest absolute Gasteiger partial charge is 0.0400 e. The lowest BCUT2D eigenvalue weighted by atomic mass is 9.94. The monoisotopic (exact) mass is 349 g/mol. The van der Waals surface area contributed by atoms with Crippen LogP contribution in [-0.4, -0.2) is 0 Å². The number of nitrogen functional groups attached to an aromatic ring is 1. The average molecular weight is 350 g/mol. The van der Waals surface area contributed by atoms with Gasteiger partial charge in [-0.1, -0.05) is 60.7 Å². The largest absolute Gasteiger partial charge is 0.398 e. The lowest BCUT2D eigenvalue weighted by Crippen LogP contribution is -1.89. The number of nitrogens with two attached hydrogens (primary N) is 1. The quantitative estimate of drug-likeness (QED) is 0.272. The molecule has 4 aromatic rings. The van der Waals surface area contributed by atoms with E-state index in [0.717, 1.165) is 11.1 Å². The zero-order chi connectivity index (χ0) is 12.8. The summed E-state index contributed by atoms with van der Waals surface area (Å²) >= 11 is 0. The summed E-state index contributed by atoms with van der Waals surface area (Å²) in [5.74, 6) is 0. The summed E-state index contributed by atoms with van der Waals surface area (Å²) in [7, 11) is 0. The van der Waals surface area contributed by atoms with Gasteiger partial charge in [-0.3, -0.25) is 0 Å². The van der Waals surface area contributed by atoms with Crippen LogP contribution in [0.5, 0.6) is 0 Å². The van der Waals surface area contributed by atoms with Gasteiger partial charge in [0, 0.05) is 11.1 Å². The van der Waals surface area contributed by atoms with Crippen LogP contribution in [0, 0.1) is 0 Å². The fourth-order valence-electron chi connectivity index (χ4n) is 2.98. The van der Waals surface area contributed by atoms with Gasteiger partial charge in [0.2, 0.25) is 0 Å². The molecule has 0 bridgehead atoms. The Morgan fingerprint density at radius 3 is 1.30 bits per heavy atom. The Balaban J connectivity index is 0.00000121. The highest BCUT2D eigenvalue weighted by atomic mass is 35.5. The van der Waals surface area contributed by atoms with E-state index >= 15 is 0 Å². The number of fused-ring (bicyclic) bond motifs is 6. The molecule has 0 fully saturated rings. The van der Waals surface area contributed by atoms with Crippen molar-refractivity contribution in [3.8, 4) is 0 Å². The van der Waals surface area contributed by atoms with Crippen molar-refractivity contribution in [3.63, 3.8) is 0 Å². The molecule has 0 unspecified atom stereocenters. The zero-order valence-corrected chi connectivity index (χ0v) is 14.3. The van der Waals surface area contributed by atoms with Crippen LogP contribution in [0.15, 0.2) is 66.7 Å². The van der Waals surface area contributed by atoms with Crippen LogP contribution < -0.4 is 18.0 Å². The first kappa shape index (κ1) is 21.0. The molecule has 4 aromatic carbocycles. The zero-order valence-electron chi connectivity index (χ0n) is 12.7. The Bertz CT molecular complexity index is 894. The fourth-order valence-corrected chi connectivity index (χ4v) is 2.98. The van der Waals surface area contributed by atoms with Crippen molar-refractivity contribution in [2.45, 2.75) is 0 Å². The molecule has 0 heterocycles. The predicted octanol–water partition coefficient (Wildman–Crippen LogP) is 5.90. The van der Waals surface area contributed by atoms with Crippen LogP contribution in [0.2, 0.25) is 0 Å². The van der Waals surface area contributed by atoms with Crippen molar-refractivity contribution in [1.82, 2.24) is 12.3 Å². The van der Waals surface area contributed by atoms with E-state index in [9.17, 15) is 0 Å². The van der Waals surface area contributed by atoms with Crippen LogP contribution in [-0.2, 0) is 0 Å². The standard InChI is InChI=1S/C18H13N.2ClH.2H3N/c19-17-11-5-10-16-14-7-2-1-6-12(14)13-8-3-4-9-15(13)18(16)17;;;;/h1-11H,19H2;2*1H;2*1H3. The highest BCUT2D eigenvalue weighted by Gasteiger charge is 2.09. The van der Waals surface area contributed by atoms with Crippen LogP contribution in [0.3, 0.4) is 0 Å². The molecule has 0 amide bonds. The summed E-state index contributed by atoms with van der Waals surface area (Å²) in [4.78, 5) is 0.